The molecule has 1 aromatic carbocycles. The third-order valence-corrected chi connectivity index (χ3v) is 4.24. The molecule has 0 N–H and O–H groups in total. The zero-order valence-corrected chi connectivity index (χ0v) is 14.0. The zero-order chi connectivity index (χ0) is 16.9. The second-order valence-electron chi connectivity index (χ2n) is 5.13. The maximum atomic E-state index is 12.8. The van der Waals surface area contributed by atoms with E-state index in [0.29, 0.717) is 17.4 Å². The summed E-state index contributed by atoms with van der Waals surface area (Å²) in [6, 6.07) is 11.5. The first kappa shape index (κ1) is 16.0. The molecule has 120 valence electrons. The number of benzene rings is 1. The van der Waals surface area contributed by atoms with E-state index in [1.54, 1.807) is 17.0 Å². The molecule has 3 rings (SSSR count). The van der Waals surface area contributed by atoms with Crippen LogP contribution in [0.3, 0.4) is 0 Å². The summed E-state index contributed by atoms with van der Waals surface area (Å²) in [6.45, 7) is 5.93. The highest BCUT2D eigenvalue weighted by Gasteiger charge is 2.21. The Morgan fingerprint density at radius 3 is 2.79 bits per heavy atom. The molecule has 0 spiro atoms. The van der Waals surface area contributed by atoms with E-state index in [2.05, 4.69) is 21.5 Å². The highest BCUT2D eigenvalue weighted by Crippen LogP contribution is 2.28. The van der Waals surface area contributed by atoms with Crippen LogP contribution >= 0.6 is 11.3 Å². The van der Waals surface area contributed by atoms with Crippen molar-refractivity contribution in [2.45, 2.75) is 6.92 Å². The summed E-state index contributed by atoms with van der Waals surface area (Å²) < 4.78 is 0. The lowest BCUT2D eigenvalue weighted by atomic mass is 10.2. The Bertz CT molecular complexity index is 860. The van der Waals surface area contributed by atoms with Gasteiger partial charge in [-0.2, -0.15) is 0 Å². The lowest BCUT2D eigenvalue weighted by Gasteiger charge is -2.17. The van der Waals surface area contributed by atoms with Gasteiger partial charge in [0.1, 0.15) is 12.0 Å². The number of anilines is 1. The molecular weight excluding hydrogens is 320 g/mol. The van der Waals surface area contributed by atoms with Crippen molar-refractivity contribution in [2.75, 3.05) is 11.4 Å². The fourth-order valence-electron chi connectivity index (χ4n) is 2.22. The molecule has 6 heteroatoms. The normalized spacial score (nSPS) is 10.4. The van der Waals surface area contributed by atoms with Gasteiger partial charge in [-0.1, -0.05) is 36.4 Å². The van der Waals surface area contributed by atoms with Gasteiger partial charge in [-0.3, -0.25) is 9.69 Å². The summed E-state index contributed by atoms with van der Waals surface area (Å²) >= 11 is 1.42. The van der Waals surface area contributed by atoms with E-state index in [1.807, 2.05) is 42.6 Å². The lowest BCUT2D eigenvalue weighted by Crippen LogP contribution is -2.31. The van der Waals surface area contributed by atoms with Gasteiger partial charge in [0.25, 0.3) is 5.91 Å². The number of aromatic nitrogens is 3. The molecule has 5 nitrogen and oxygen atoms in total. The van der Waals surface area contributed by atoms with Gasteiger partial charge in [0.05, 0.1) is 5.69 Å². The first-order chi connectivity index (χ1) is 11.7. The van der Waals surface area contributed by atoms with Crippen LogP contribution < -0.4 is 4.90 Å². The average Bonchev–Trinajstić information content (AvgIpc) is 3.09. The number of carbonyl (C=O) groups excluding carboxylic acids is 1. The minimum Gasteiger partial charge on any atom is -0.279 e. The van der Waals surface area contributed by atoms with Gasteiger partial charge in [0.15, 0.2) is 5.13 Å². The van der Waals surface area contributed by atoms with E-state index in [4.69, 9.17) is 0 Å². The molecule has 0 aliphatic carbocycles. The van der Waals surface area contributed by atoms with Crippen LogP contribution in [0.5, 0.6) is 0 Å². The molecule has 2 aromatic heterocycles. The first-order valence-corrected chi connectivity index (χ1v) is 8.29. The molecule has 3 aromatic rings. The summed E-state index contributed by atoms with van der Waals surface area (Å²) in [5.41, 5.74) is 2.96. The number of hydrogen-bond donors (Lipinski definition) is 0. The van der Waals surface area contributed by atoms with Gasteiger partial charge in [-0.05, 0) is 13.0 Å². The van der Waals surface area contributed by atoms with Gasteiger partial charge in [0.2, 0.25) is 0 Å². The Hall–Kier alpha value is -2.86. The molecule has 0 fully saturated rings. The maximum Gasteiger partial charge on any atom is 0.279 e. The third-order valence-electron chi connectivity index (χ3n) is 3.37. The molecule has 0 aliphatic heterocycles. The van der Waals surface area contributed by atoms with Gasteiger partial charge >= 0.3 is 0 Å². The van der Waals surface area contributed by atoms with Crippen LogP contribution in [0.2, 0.25) is 0 Å². The fourth-order valence-corrected chi connectivity index (χ4v) is 3.06. The smallest absolute Gasteiger partial charge is 0.279 e. The molecule has 0 unspecified atom stereocenters. The van der Waals surface area contributed by atoms with Crippen LogP contribution in [-0.4, -0.2) is 27.4 Å². The number of amides is 1. The maximum absolute atomic E-state index is 12.8. The first-order valence-electron chi connectivity index (χ1n) is 7.41. The van der Waals surface area contributed by atoms with Crippen LogP contribution in [0.1, 0.15) is 16.2 Å². The molecule has 1 amide bonds. The SMILES string of the molecule is C=CCN(C(=O)c1cc(C)ncn1)c1nc(-c2ccccc2)cs1. The Morgan fingerprint density at radius 1 is 1.29 bits per heavy atom. The topological polar surface area (TPSA) is 59.0 Å². The fraction of sp³-hybridized carbons (Fsp3) is 0.111. The Balaban J connectivity index is 1.93. The van der Waals surface area contributed by atoms with E-state index >= 15 is 0 Å². The van der Waals surface area contributed by atoms with Crippen LogP contribution in [0.15, 0.2) is 60.8 Å². The second kappa shape index (κ2) is 7.14. The van der Waals surface area contributed by atoms with Crippen molar-refractivity contribution in [3.63, 3.8) is 0 Å². The van der Waals surface area contributed by atoms with Crippen LogP contribution in [0.25, 0.3) is 11.3 Å². The Labute approximate surface area is 144 Å². The minimum atomic E-state index is -0.214. The van der Waals surface area contributed by atoms with E-state index in [-0.39, 0.29) is 5.91 Å². The van der Waals surface area contributed by atoms with Crippen LogP contribution in [0, 0.1) is 6.92 Å². The van der Waals surface area contributed by atoms with Crippen LogP contribution in [-0.2, 0) is 0 Å². The molecule has 24 heavy (non-hydrogen) atoms. The molecule has 0 aliphatic rings. The zero-order valence-electron chi connectivity index (χ0n) is 13.2. The number of rotatable bonds is 5. The minimum absolute atomic E-state index is 0.214. The molecule has 2 heterocycles. The van der Waals surface area contributed by atoms with Crippen molar-refractivity contribution < 1.29 is 4.79 Å². The number of nitrogens with zero attached hydrogens (tertiary/aromatic N) is 4. The molecule has 0 saturated heterocycles. The highest BCUT2D eigenvalue weighted by atomic mass is 32.1. The van der Waals surface area contributed by atoms with Crippen molar-refractivity contribution in [3.8, 4) is 11.3 Å². The summed E-state index contributed by atoms with van der Waals surface area (Å²) in [6.07, 6.45) is 3.07. The largest absolute Gasteiger partial charge is 0.279 e. The van der Waals surface area contributed by atoms with Crippen molar-refractivity contribution >= 4 is 22.4 Å². The van der Waals surface area contributed by atoms with Crippen molar-refractivity contribution in [2.24, 2.45) is 0 Å². The standard InChI is InChI=1S/C18H16N4OS/c1-3-9-22(17(23)15-10-13(2)19-12-20-15)18-21-16(11-24-18)14-7-5-4-6-8-14/h3-8,10-12H,1,9H2,2H3. The molecule has 0 radical (unpaired) electrons. The molecule has 0 atom stereocenters. The summed E-state index contributed by atoms with van der Waals surface area (Å²) in [5.74, 6) is -0.214. The lowest BCUT2D eigenvalue weighted by molar-refractivity contribution is 0.0984. The summed E-state index contributed by atoms with van der Waals surface area (Å²) in [4.78, 5) is 27.1. The molecule has 0 saturated carbocycles. The van der Waals surface area contributed by atoms with Crippen molar-refractivity contribution in [1.29, 1.82) is 0 Å². The quantitative estimate of drug-likeness (QED) is 0.666. The Morgan fingerprint density at radius 2 is 2.08 bits per heavy atom. The predicted octanol–water partition coefficient (Wildman–Crippen LogP) is 3.74. The number of hydrogen-bond acceptors (Lipinski definition) is 5. The van der Waals surface area contributed by atoms with Gasteiger partial charge < -0.3 is 0 Å². The van der Waals surface area contributed by atoms with Gasteiger partial charge in [0, 0.05) is 23.2 Å². The van der Waals surface area contributed by atoms with Crippen molar-refractivity contribution in [1.82, 2.24) is 15.0 Å². The van der Waals surface area contributed by atoms with E-state index < -0.39 is 0 Å². The van der Waals surface area contributed by atoms with E-state index in [9.17, 15) is 4.79 Å². The second-order valence-corrected chi connectivity index (χ2v) is 5.97. The molecular formula is C18H16N4OS. The van der Waals surface area contributed by atoms with Crippen molar-refractivity contribution in [3.05, 3.63) is 72.1 Å². The van der Waals surface area contributed by atoms with E-state index in [1.165, 1.54) is 17.7 Å². The number of thiazole rings is 1. The van der Waals surface area contributed by atoms with Gasteiger partial charge in [-0.15, -0.1) is 17.9 Å². The summed E-state index contributed by atoms with van der Waals surface area (Å²) in [7, 11) is 0. The predicted molar refractivity (Wildman–Crippen MR) is 96.2 cm³/mol. The molecule has 0 bridgehead atoms. The monoisotopic (exact) mass is 336 g/mol. The Kier molecular flexibility index (Phi) is 4.77. The van der Waals surface area contributed by atoms with E-state index in [0.717, 1.165) is 17.0 Å². The summed E-state index contributed by atoms with van der Waals surface area (Å²) in [5, 5.41) is 2.56. The average molecular weight is 336 g/mol. The third kappa shape index (κ3) is 3.38. The van der Waals surface area contributed by atoms with Gasteiger partial charge in [-0.25, -0.2) is 15.0 Å². The van der Waals surface area contributed by atoms with Crippen LogP contribution in [0.4, 0.5) is 5.13 Å². The highest BCUT2D eigenvalue weighted by molar-refractivity contribution is 7.14. The number of aryl methyl sites for hydroxylation is 1. The number of carbonyl (C=O) groups is 1.